The van der Waals surface area contributed by atoms with Crippen molar-refractivity contribution in [1.29, 1.82) is 0 Å². The lowest BCUT2D eigenvalue weighted by molar-refractivity contribution is 0.0522. The number of carbonyl (C=O) groups excluding carboxylic acids is 1. The van der Waals surface area contributed by atoms with Crippen molar-refractivity contribution in [3.8, 4) is 0 Å². The number of alkyl carbamates (subject to hydrolysis) is 1. The lowest BCUT2D eigenvalue weighted by Gasteiger charge is -2.19. The molecule has 0 radical (unpaired) electrons. The van der Waals surface area contributed by atoms with Crippen LogP contribution >= 0.6 is 43.2 Å². The third kappa shape index (κ3) is 5.02. The molecule has 2 atom stereocenters. The number of nitrogens with one attached hydrogen (secondary N) is 2. The molecule has 2 unspecified atom stereocenters. The summed E-state index contributed by atoms with van der Waals surface area (Å²) in [7, 11) is 0. The van der Waals surface area contributed by atoms with Crippen LogP contribution in [0.4, 0.5) is 4.79 Å². The van der Waals surface area contributed by atoms with Crippen molar-refractivity contribution < 1.29 is 9.53 Å². The first-order chi connectivity index (χ1) is 9.24. The highest BCUT2D eigenvalue weighted by Crippen LogP contribution is 2.33. The van der Waals surface area contributed by atoms with E-state index in [2.05, 4.69) is 48.6 Å². The fraction of sp³-hybridized carbons (Fsp3) is 0.615. The van der Waals surface area contributed by atoms with Crippen molar-refractivity contribution in [1.82, 2.24) is 10.6 Å². The van der Waals surface area contributed by atoms with Crippen LogP contribution in [0.15, 0.2) is 14.3 Å². The molecule has 0 bridgehead atoms. The van der Waals surface area contributed by atoms with Gasteiger partial charge in [-0.3, -0.25) is 0 Å². The first kappa shape index (κ1) is 16.3. The second-order valence-corrected chi connectivity index (χ2v) is 9.12. The minimum atomic E-state index is -0.447. The summed E-state index contributed by atoms with van der Waals surface area (Å²) < 4.78 is 7.42. The van der Waals surface area contributed by atoms with Crippen LogP contribution in [0.3, 0.4) is 0 Å². The van der Waals surface area contributed by atoms with Gasteiger partial charge in [-0.2, -0.15) is 0 Å². The fourth-order valence-corrected chi connectivity index (χ4v) is 3.88. The van der Waals surface area contributed by atoms with Crippen LogP contribution in [0, 0.1) is 0 Å². The summed E-state index contributed by atoms with van der Waals surface area (Å²) in [5, 5.41) is 6.30. The summed E-state index contributed by atoms with van der Waals surface area (Å²) in [5.41, 5.74) is -0.447. The SMILES string of the molecule is CC(C)(C)OC(=O)NC1CC1NCc1cc(Br)c(Br)s1. The molecule has 0 aliphatic heterocycles. The Morgan fingerprint density at radius 1 is 1.45 bits per heavy atom. The highest BCUT2D eigenvalue weighted by atomic mass is 79.9. The summed E-state index contributed by atoms with van der Waals surface area (Å²) in [6, 6.07) is 2.61. The third-order valence-corrected chi connectivity index (χ3v) is 5.98. The maximum atomic E-state index is 11.6. The van der Waals surface area contributed by atoms with E-state index in [1.54, 1.807) is 11.3 Å². The Morgan fingerprint density at radius 2 is 2.15 bits per heavy atom. The van der Waals surface area contributed by atoms with Gasteiger partial charge in [0, 0.05) is 28.0 Å². The molecular formula is C13H18Br2N2O2S. The molecule has 112 valence electrons. The Bertz CT molecular complexity index is 480. The zero-order chi connectivity index (χ0) is 14.9. The predicted molar refractivity (Wildman–Crippen MR) is 88.1 cm³/mol. The van der Waals surface area contributed by atoms with E-state index < -0.39 is 5.60 Å². The van der Waals surface area contributed by atoms with Crippen molar-refractivity contribution in [3.63, 3.8) is 0 Å². The molecule has 1 saturated carbocycles. The van der Waals surface area contributed by atoms with Gasteiger partial charge in [-0.1, -0.05) is 0 Å². The smallest absolute Gasteiger partial charge is 0.407 e. The molecule has 1 aromatic heterocycles. The summed E-state index contributed by atoms with van der Waals surface area (Å²) in [5.74, 6) is 0. The summed E-state index contributed by atoms with van der Waals surface area (Å²) in [6.07, 6.45) is 0.612. The summed E-state index contributed by atoms with van der Waals surface area (Å²) >= 11 is 8.66. The van der Waals surface area contributed by atoms with Gasteiger partial charge < -0.3 is 15.4 Å². The molecule has 1 aliphatic rings. The minimum absolute atomic E-state index is 0.177. The zero-order valence-electron chi connectivity index (χ0n) is 11.6. The number of thiophene rings is 1. The normalized spacial score (nSPS) is 21.6. The van der Waals surface area contributed by atoms with Crippen molar-refractivity contribution >= 4 is 49.3 Å². The molecule has 20 heavy (non-hydrogen) atoms. The van der Waals surface area contributed by atoms with E-state index in [4.69, 9.17) is 4.74 Å². The number of hydrogen-bond donors (Lipinski definition) is 2. The maximum Gasteiger partial charge on any atom is 0.407 e. The number of ether oxygens (including phenoxy) is 1. The zero-order valence-corrected chi connectivity index (χ0v) is 15.6. The average Bonchev–Trinajstić information content (AvgIpc) is 2.92. The molecule has 1 amide bonds. The molecule has 1 aliphatic carbocycles. The molecule has 1 heterocycles. The van der Waals surface area contributed by atoms with Gasteiger partial charge in [0.15, 0.2) is 0 Å². The predicted octanol–water partition coefficient (Wildman–Crippen LogP) is 4.03. The van der Waals surface area contributed by atoms with Gasteiger partial charge in [0.25, 0.3) is 0 Å². The number of halogens is 2. The van der Waals surface area contributed by atoms with E-state index in [-0.39, 0.29) is 12.1 Å². The minimum Gasteiger partial charge on any atom is -0.444 e. The molecule has 2 N–H and O–H groups in total. The van der Waals surface area contributed by atoms with Gasteiger partial charge in [-0.05, 0) is 65.1 Å². The number of rotatable bonds is 4. The standard InChI is InChI=1S/C13H18Br2N2O2S/c1-13(2,3)19-12(18)17-10-5-9(10)16-6-7-4-8(14)11(15)20-7/h4,9-10,16H,5-6H2,1-3H3,(H,17,18). The van der Waals surface area contributed by atoms with Gasteiger partial charge in [0.2, 0.25) is 0 Å². The largest absolute Gasteiger partial charge is 0.444 e. The molecule has 7 heteroatoms. The first-order valence-electron chi connectivity index (χ1n) is 6.41. The molecular weight excluding hydrogens is 408 g/mol. The highest BCUT2D eigenvalue weighted by Gasteiger charge is 2.38. The van der Waals surface area contributed by atoms with Crippen LogP contribution in [0.25, 0.3) is 0 Å². The van der Waals surface area contributed by atoms with Crippen LogP contribution in [0.2, 0.25) is 0 Å². The Labute approximate surface area is 139 Å². The topological polar surface area (TPSA) is 50.4 Å². The Balaban J connectivity index is 1.69. The quantitative estimate of drug-likeness (QED) is 0.765. The van der Waals surface area contributed by atoms with Crippen molar-refractivity contribution in [2.45, 2.75) is 51.4 Å². The van der Waals surface area contributed by atoms with Crippen molar-refractivity contribution in [3.05, 3.63) is 19.2 Å². The van der Waals surface area contributed by atoms with Gasteiger partial charge in [0.05, 0.1) is 3.79 Å². The van der Waals surface area contributed by atoms with E-state index in [1.165, 1.54) is 4.88 Å². The van der Waals surface area contributed by atoms with Crippen LogP contribution < -0.4 is 10.6 Å². The summed E-state index contributed by atoms with van der Waals surface area (Å²) in [6.45, 7) is 6.40. The molecule has 4 nitrogen and oxygen atoms in total. The Morgan fingerprint density at radius 3 is 2.70 bits per heavy atom. The monoisotopic (exact) mass is 424 g/mol. The number of hydrogen-bond acceptors (Lipinski definition) is 4. The highest BCUT2D eigenvalue weighted by molar-refractivity contribution is 9.13. The Kier molecular flexibility index (Phi) is 5.15. The molecule has 1 aromatic rings. The third-order valence-electron chi connectivity index (χ3n) is 2.73. The van der Waals surface area contributed by atoms with Crippen molar-refractivity contribution in [2.75, 3.05) is 0 Å². The number of amides is 1. The second-order valence-electron chi connectivity index (χ2n) is 5.81. The lowest BCUT2D eigenvalue weighted by Crippen LogP contribution is -2.36. The van der Waals surface area contributed by atoms with Crippen LogP contribution in [0.5, 0.6) is 0 Å². The van der Waals surface area contributed by atoms with E-state index >= 15 is 0 Å². The van der Waals surface area contributed by atoms with Crippen LogP contribution in [-0.2, 0) is 11.3 Å². The van der Waals surface area contributed by atoms with E-state index in [1.807, 2.05) is 20.8 Å². The van der Waals surface area contributed by atoms with Crippen molar-refractivity contribution in [2.24, 2.45) is 0 Å². The molecule has 0 aromatic carbocycles. The van der Waals surface area contributed by atoms with E-state index in [0.717, 1.165) is 21.2 Å². The van der Waals surface area contributed by atoms with Gasteiger partial charge in [-0.15, -0.1) is 11.3 Å². The van der Waals surface area contributed by atoms with E-state index in [9.17, 15) is 4.79 Å². The lowest BCUT2D eigenvalue weighted by atomic mass is 10.2. The second kappa shape index (κ2) is 6.34. The van der Waals surface area contributed by atoms with Gasteiger partial charge >= 0.3 is 6.09 Å². The number of carbonyl (C=O) groups is 1. The van der Waals surface area contributed by atoms with E-state index in [0.29, 0.717) is 6.04 Å². The first-order valence-corrected chi connectivity index (χ1v) is 8.81. The molecule has 0 saturated heterocycles. The van der Waals surface area contributed by atoms with Crippen LogP contribution in [-0.4, -0.2) is 23.8 Å². The fourth-order valence-electron chi connectivity index (χ4n) is 1.75. The summed E-state index contributed by atoms with van der Waals surface area (Å²) in [4.78, 5) is 12.9. The van der Waals surface area contributed by atoms with Gasteiger partial charge in [0.1, 0.15) is 5.60 Å². The molecule has 2 rings (SSSR count). The Hall–Kier alpha value is -0.110. The van der Waals surface area contributed by atoms with Gasteiger partial charge in [-0.25, -0.2) is 4.79 Å². The van der Waals surface area contributed by atoms with Crippen LogP contribution in [0.1, 0.15) is 32.1 Å². The molecule has 1 fully saturated rings. The average molecular weight is 426 g/mol. The maximum absolute atomic E-state index is 11.6. The molecule has 0 spiro atoms.